The molecule has 3 heteroatoms. The first-order valence-electron chi connectivity index (χ1n) is 6.28. The van der Waals surface area contributed by atoms with Gasteiger partial charge in [-0.25, -0.2) is 0 Å². The minimum Gasteiger partial charge on any atom is -0.370 e. The van der Waals surface area contributed by atoms with Crippen molar-refractivity contribution in [1.29, 1.82) is 0 Å². The van der Waals surface area contributed by atoms with E-state index in [2.05, 4.69) is 49.3 Å². The van der Waals surface area contributed by atoms with Gasteiger partial charge in [0.05, 0.1) is 5.69 Å². The average Bonchev–Trinajstić information content (AvgIpc) is 2.31. The smallest absolute Gasteiger partial charge is 0.0504 e. The Morgan fingerprint density at radius 1 is 1.41 bits per heavy atom. The van der Waals surface area contributed by atoms with Crippen LogP contribution in [0.5, 0.6) is 0 Å². The Labute approximate surface area is 109 Å². The number of fused-ring (bicyclic) bond motifs is 1. The van der Waals surface area contributed by atoms with Crippen LogP contribution < -0.4 is 10.2 Å². The third kappa shape index (κ3) is 2.61. The van der Waals surface area contributed by atoms with E-state index in [1.54, 1.807) is 0 Å². The van der Waals surface area contributed by atoms with Gasteiger partial charge in [-0.05, 0) is 51.6 Å². The van der Waals surface area contributed by atoms with Crippen LogP contribution in [0.1, 0.15) is 18.9 Å². The van der Waals surface area contributed by atoms with Crippen LogP contribution in [0, 0.1) is 6.92 Å². The Morgan fingerprint density at radius 3 is 2.88 bits per heavy atom. The fourth-order valence-corrected chi connectivity index (χ4v) is 3.85. The van der Waals surface area contributed by atoms with Crippen LogP contribution in [0.15, 0.2) is 23.1 Å². The summed E-state index contributed by atoms with van der Waals surface area (Å²) in [7, 11) is 4.24. The normalized spacial score (nSPS) is 23.6. The van der Waals surface area contributed by atoms with Gasteiger partial charge in [0.2, 0.25) is 0 Å². The molecule has 0 saturated carbocycles. The Kier molecular flexibility index (Phi) is 4.00. The molecule has 0 amide bonds. The van der Waals surface area contributed by atoms with Crippen LogP contribution in [0.4, 0.5) is 5.69 Å². The summed E-state index contributed by atoms with van der Waals surface area (Å²) in [5, 5.41) is 3.94. The highest BCUT2D eigenvalue weighted by Crippen LogP contribution is 2.42. The molecule has 0 bridgehead atoms. The summed E-state index contributed by atoms with van der Waals surface area (Å²) < 4.78 is 0. The third-order valence-electron chi connectivity index (χ3n) is 3.60. The lowest BCUT2D eigenvalue weighted by Crippen LogP contribution is -2.41. The highest BCUT2D eigenvalue weighted by atomic mass is 32.2. The summed E-state index contributed by atoms with van der Waals surface area (Å²) in [6.07, 6.45) is 1.22. The van der Waals surface area contributed by atoms with Crippen LogP contribution in [0.2, 0.25) is 0 Å². The first-order valence-corrected chi connectivity index (χ1v) is 7.16. The molecule has 2 atom stereocenters. The molecule has 2 unspecified atom stereocenters. The molecule has 1 aromatic rings. The lowest BCUT2D eigenvalue weighted by Gasteiger charge is -2.39. The van der Waals surface area contributed by atoms with E-state index in [1.165, 1.54) is 22.6 Å². The van der Waals surface area contributed by atoms with Gasteiger partial charge in [0.15, 0.2) is 0 Å². The molecule has 0 radical (unpaired) electrons. The highest BCUT2D eigenvalue weighted by molar-refractivity contribution is 8.00. The Hall–Kier alpha value is -0.670. The van der Waals surface area contributed by atoms with Gasteiger partial charge in [-0.1, -0.05) is 6.07 Å². The number of thioether (sulfide) groups is 1. The molecule has 0 spiro atoms. The molecule has 1 aliphatic heterocycles. The van der Waals surface area contributed by atoms with E-state index >= 15 is 0 Å². The molecule has 2 rings (SSSR count). The molecule has 1 N–H and O–H groups in total. The Morgan fingerprint density at radius 2 is 2.18 bits per heavy atom. The van der Waals surface area contributed by atoms with Crippen LogP contribution >= 0.6 is 11.8 Å². The molecule has 94 valence electrons. The van der Waals surface area contributed by atoms with Gasteiger partial charge in [0.25, 0.3) is 0 Å². The van der Waals surface area contributed by atoms with Crippen molar-refractivity contribution in [2.45, 2.75) is 36.5 Å². The van der Waals surface area contributed by atoms with Gasteiger partial charge < -0.3 is 10.2 Å². The summed E-state index contributed by atoms with van der Waals surface area (Å²) in [5.74, 6) is 0. The monoisotopic (exact) mass is 250 g/mol. The topological polar surface area (TPSA) is 15.3 Å². The minimum atomic E-state index is 0.601. The summed E-state index contributed by atoms with van der Waals surface area (Å²) in [6.45, 7) is 5.59. The second-order valence-electron chi connectivity index (χ2n) is 4.87. The number of hydrogen-bond donors (Lipinski definition) is 1. The predicted octanol–water partition coefficient (Wildman–Crippen LogP) is 2.90. The summed E-state index contributed by atoms with van der Waals surface area (Å²) in [4.78, 5) is 3.86. The number of aryl methyl sites for hydroxylation is 1. The van der Waals surface area contributed by atoms with Gasteiger partial charge >= 0.3 is 0 Å². The van der Waals surface area contributed by atoms with Crippen molar-refractivity contribution in [2.75, 3.05) is 25.5 Å². The first-order chi connectivity index (χ1) is 8.13. The predicted molar refractivity (Wildman–Crippen MR) is 77.2 cm³/mol. The van der Waals surface area contributed by atoms with Crippen molar-refractivity contribution in [1.82, 2.24) is 5.32 Å². The maximum Gasteiger partial charge on any atom is 0.0504 e. The van der Waals surface area contributed by atoms with E-state index in [0.717, 1.165) is 6.54 Å². The molecule has 17 heavy (non-hydrogen) atoms. The Bertz CT molecular complexity index is 392. The number of rotatable bonds is 3. The van der Waals surface area contributed by atoms with Crippen molar-refractivity contribution in [3.05, 3.63) is 23.8 Å². The molecule has 1 heterocycles. The largest absolute Gasteiger partial charge is 0.370 e. The first kappa shape index (κ1) is 12.8. The fraction of sp³-hybridized carbons (Fsp3) is 0.571. The third-order valence-corrected chi connectivity index (χ3v) is 5.11. The second-order valence-corrected chi connectivity index (χ2v) is 6.15. The molecule has 1 aromatic carbocycles. The van der Waals surface area contributed by atoms with Gasteiger partial charge in [-0.2, -0.15) is 0 Å². The molecule has 1 aliphatic rings. The van der Waals surface area contributed by atoms with E-state index < -0.39 is 0 Å². The van der Waals surface area contributed by atoms with Crippen LogP contribution in [-0.2, 0) is 0 Å². The van der Waals surface area contributed by atoms with Crippen molar-refractivity contribution < 1.29 is 0 Å². The van der Waals surface area contributed by atoms with E-state index in [-0.39, 0.29) is 0 Å². The molecule has 0 fully saturated rings. The highest BCUT2D eigenvalue weighted by Gasteiger charge is 2.29. The lowest BCUT2D eigenvalue weighted by molar-refractivity contribution is 0.583. The molecule has 0 aliphatic carbocycles. The van der Waals surface area contributed by atoms with Crippen molar-refractivity contribution in [3.63, 3.8) is 0 Å². The van der Waals surface area contributed by atoms with E-state index in [9.17, 15) is 0 Å². The Balaban J connectivity index is 2.23. The quantitative estimate of drug-likeness (QED) is 0.888. The zero-order valence-electron chi connectivity index (χ0n) is 11.2. The SMILES string of the molecule is CNCCC1Sc2cc(C)ccc2N(C)C1C. The summed E-state index contributed by atoms with van der Waals surface area (Å²) in [5.41, 5.74) is 2.74. The number of nitrogens with zero attached hydrogens (tertiary/aromatic N) is 1. The van der Waals surface area contributed by atoms with E-state index in [4.69, 9.17) is 0 Å². The molecule has 2 nitrogen and oxygen atoms in total. The minimum absolute atomic E-state index is 0.601. The maximum absolute atomic E-state index is 3.25. The fourth-order valence-electron chi connectivity index (χ4n) is 2.32. The average molecular weight is 250 g/mol. The van der Waals surface area contributed by atoms with Gasteiger partial charge in [-0.3, -0.25) is 0 Å². The zero-order valence-corrected chi connectivity index (χ0v) is 12.0. The lowest BCUT2D eigenvalue weighted by atomic mass is 10.1. The number of hydrogen-bond acceptors (Lipinski definition) is 3. The maximum atomic E-state index is 3.25. The molecule has 0 saturated heterocycles. The van der Waals surface area contributed by atoms with Crippen LogP contribution in [0.25, 0.3) is 0 Å². The zero-order chi connectivity index (χ0) is 12.4. The van der Waals surface area contributed by atoms with Crippen LogP contribution in [0.3, 0.4) is 0 Å². The van der Waals surface area contributed by atoms with Gasteiger partial charge in [0, 0.05) is 23.2 Å². The molecular formula is C14H22N2S. The van der Waals surface area contributed by atoms with E-state index in [1.807, 2.05) is 18.8 Å². The second kappa shape index (κ2) is 5.32. The number of benzene rings is 1. The van der Waals surface area contributed by atoms with Gasteiger partial charge in [0.1, 0.15) is 0 Å². The summed E-state index contributed by atoms with van der Waals surface area (Å²) >= 11 is 2.04. The van der Waals surface area contributed by atoms with Crippen LogP contribution in [-0.4, -0.2) is 31.9 Å². The number of anilines is 1. The standard InChI is InChI=1S/C14H22N2S/c1-10-5-6-12-14(9-10)17-13(7-8-15-3)11(2)16(12)4/h5-6,9,11,13,15H,7-8H2,1-4H3. The van der Waals surface area contributed by atoms with E-state index in [0.29, 0.717) is 11.3 Å². The van der Waals surface area contributed by atoms with Crippen molar-refractivity contribution in [3.8, 4) is 0 Å². The van der Waals surface area contributed by atoms with Crippen molar-refractivity contribution >= 4 is 17.4 Å². The van der Waals surface area contributed by atoms with Gasteiger partial charge in [-0.15, -0.1) is 11.8 Å². The number of nitrogens with one attached hydrogen (secondary N) is 1. The summed E-state index contributed by atoms with van der Waals surface area (Å²) in [6, 6.07) is 7.37. The molecule has 0 aromatic heterocycles. The molecular weight excluding hydrogens is 228 g/mol. The van der Waals surface area contributed by atoms with Crippen molar-refractivity contribution in [2.24, 2.45) is 0 Å².